The predicted molar refractivity (Wildman–Crippen MR) is 82.6 cm³/mol. The Kier molecular flexibility index (Phi) is 5.52. The van der Waals surface area contributed by atoms with E-state index in [1.165, 1.54) is 25.2 Å². The molecule has 1 aromatic heterocycles. The molecule has 0 aliphatic heterocycles. The van der Waals surface area contributed by atoms with E-state index in [1.807, 2.05) is 13.8 Å². The fraction of sp³-hybridized carbons (Fsp3) is 0.714. The van der Waals surface area contributed by atoms with E-state index in [0.29, 0.717) is 11.9 Å². The molecule has 118 valence electrons. The minimum atomic E-state index is -3.53. The summed E-state index contributed by atoms with van der Waals surface area (Å²) >= 11 is 0. The highest BCUT2D eigenvalue weighted by Crippen LogP contribution is 2.34. The van der Waals surface area contributed by atoms with Crippen molar-refractivity contribution in [3.05, 3.63) is 12.4 Å². The Labute approximate surface area is 126 Å². The summed E-state index contributed by atoms with van der Waals surface area (Å²) in [5, 5.41) is 3.02. The lowest BCUT2D eigenvalue weighted by molar-refractivity contribution is 0.495. The topological polar surface area (TPSA) is 84.0 Å². The molecule has 2 N–H and O–H groups in total. The van der Waals surface area contributed by atoms with Gasteiger partial charge >= 0.3 is 0 Å². The molecule has 1 atom stereocenters. The van der Waals surface area contributed by atoms with Crippen LogP contribution in [0.25, 0.3) is 0 Å². The fourth-order valence-corrected chi connectivity index (χ4v) is 3.35. The zero-order chi connectivity index (χ0) is 15.3. The summed E-state index contributed by atoms with van der Waals surface area (Å²) in [6.07, 6.45) is 7.84. The van der Waals surface area contributed by atoms with Crippen molar-refractivity contribution >= 4 is 16.0 Å². The molecular weight excluding hydrogens is 288 g/mol. The molecule has 1 aromatic rings. The zero-order valence-corrected chi connectivity index (χ0v) is 13.5. The number of sulfonamides is 1. The van der Waals surface area contributed by atoms with Gasteiger partial charge in [-0.3, -0.25) is 0 Å². The van der Waals surface area contributed by atoms with E-state index in [1.54, 1.807) is 0 Å². The van der Waals surface area contributed by atoms with Gasteiger partial charge in [0.15, 0.2) is 0 Å². The van der Waals surface area contributed by atoms with Crippen LogP contribution in [0.15, 0.2) is 17.3 Å². The van der Waals surface area contributed by atoms with E-state index >= 15 is 0 Å². The smallest absolute Gasteiger partial charge is 0.243 e. The molecule has 2 rings (SSSR count). The minimum absolute atomic E-state index is 0.000364. The van der Waals surface area contributed by atoms with Gasteiger partial charge in [-0.1, -0.05) is 26.7 Å². The average Bonchev–Trinajstić information content (AvgIpc) is 3.28. The van der Waals surface area contributed by atoms with Crippen molar-refractivity contribution in [2.45, 2.75) is 56.9 Å². The Hall–Kier alpha value is -1.21. The molecule has 1 unspecified atom stereocenters. The number of rotatable bonds is 9. The first-order valence-electron chi connectivity index (χ1n) is 7.63. The maximum atomic E-state index is 12.3. The summed E-state index contributed by atoms with van der Waals surface area (Å²) in [7, 11) is -3.53. The first-order valence-corrected chi connectivity index (χ1v) is 9.11. The summed E-state index contributed by atoms with van der Waals surface area (Å²) in [6, 6.07) is 0.000364. The SMILES string of the molecule is CCCNc1ncc(S(=O)(=O)NC(CC)CC2CC2)cn1. The normalized spacial score (nSPS) is 16.7. The van der Waals surface area contributed by atoms with Crippen molar-refractivity contribution in [2.75, 3.05) is 11.9 Å². The van der Waals surface area contributed by atoms with Crippen LogP contribution in [-0.2, 0) is 10.0 Å². The number of nitrogens with zero attached hydrogens (tertiary/aromatic N) is 2. The number of aromatic nitrogens is 2. The average molecular weight is 312 g/mol. The zero-order valence-electron chi connectivity index (χ0n) is 12.7. The van der Waals surface area contributed by atoms with E-state index < -0.39 is 10.0 Å². The van der Waals surface area contributed by atoms with Gasteiger partial charge in [0.05, 0.1) is 12.4 Å². The fourth-order valence-electron chi connectivity index (χ4n) is 2.12. The Balaban J connectivity index is 2.00. The molecule has 1 heterocycles. The summed E-state index contributed by atoms with van der Waals surface area (Å²) in [5.41, 5.74) is 0. The lowest BCUT2D eigenvalue weighted by Gasteiger charge is -2.16. The highest BCUT2D eigenvalue weighted by Gasteiger charge is 2.27. The van der Waals surface area contributed by atoms with E-state index in [4.69, 9.17) is 0 Å². The Morgan fingerprint density at radius 3 is 2.48 bits per heavy atom. The maximum Gasteiger partial charge on any atom is 0.243 e. The van der Waals surface area contributed by atoms with Crippen molar-refractivity contribution in [1.82, 2.24) is 14.7 Å². The van der Waals surface area contributed by atoms with Crippen LogP contribution in [0.5, 0.6) is 0 Å². The van der Waals surface area contributed by atoms with Crippen molar-refractivity contribution < 1.29 is 8.42 Å². The second kappa shape index (κ2) is 7.17. The summed E-state index contributed by atoms with van der Waals surface area (Å²) in [6.45, 7) is 4.81. The third-order valence-corrected chi connectivity index (χ3v) is 5.08. The minimum Gasteiger partial charge on any atom is -0.354 e. The summed E-state index contributed by atoms with van der Waals surface area (Å²) in [4.78, 5) is 8.22. The molecule has 1 aliphatic carbocycles. The van der Waals surface area contributed by atoms with Gasteiger partial charge in [-0.15, -0.1) is 0 Å². The van der Waals surface area contributed by atoms with Crippen LogP contribution in [0.4, 0.5) is 5.95 Å². The molecule has 1 saturated carbocycles. The summed E-state index contributed by atoms with van der Waals surface area (Å²) < 4.78 is 27.4. The van der Waals surface area contributed by atoms with Crippen molar-refractivity contribution in [3.63, 3.8) is 0 Å². The van der Waals surface area contributed by atoms with E-state index in [2.05, 4.69) is 20.0 Å². The first-order chi connectivity index (χ1) is 10.0. The van der Waals surface area contributed by atoms with Crippen LogP contribution in [0.1, 0.15) is 46.0 Å². The van der Waals surface area contributed by atoms with Crippen LogP contribution in [-0.4, -0.2) is 31.0 Å². The maximum absolute atomic E-state index is 12.3. The van der Waals surface area contributed by atoms with Crippen LogP contribution in [0.3, 0.4) is 0 Å². The molecular formula is C14H24N4O2S. The number of anilines is 1. The van der Waals surface area contributed by atoms with Gasteiger partial charge in [-0.25, -0.2) is 23.1 Å². The molecule has 21 heavy (non-hydrogen) atoms. The molecule has 1 aliphatic rings. The second-order valence-electron chi connectivity index (χ2n) is 5.57. The standard InChI is InChI=1S/C14H24N4O2S/c1-3-7-15-14-16-9-13(10-17-14)21(19,20)18-12(4-2)8-11-5-6-11/h9-12,18H,3-8H2,1-2H3,(H,15,16,17). The van der Waals surface area contributed by atoms with Crippen LogP contribution in [0, 0.1) is 5.92 Å². The highest BCUT2D eigenvalue weighted by atomic mass is 32.2. The molecule has 0 spiro atoms. The largest absolute Gasteiger partial charge is 0.354 e. The van der Waals surface area contributed by atoms with E-state index in [0.717, 1.165) is 25.8 Å². The third kappa shape index (κ3) is 4.93. The molecule has 7 heteroatoms. The molecule has 0 bridgehead atoms. The van der Waals surface area contributed by atoms with Crippen LogP contribution < -0.4 is 10.0 Å². The third-order valence-electron chi connectivity index (χ3n) is 3.60. The van der Waals surface area contributed by atoms with Crippen molar-refractivity contribution in [3.8, 4) is 0 Å². The van der Waals surface area contributed by atoms with Crippen LogP contribution in [0.2, 0.25) is 0 Å². The number of nitrogens with one attached hydrogen (secondary N) is 2. The van der Waals surface area contributed by atoms with E-state index in [-0.39, 0.29) is 10.9 Å². The number of hydrogen-bond donors (Lipinski definition) is 2. The Morgan fingerprint density at radius 1 is 1.29 bits per heavy atom. The van der Waals surface area contributed by atoms with E-state index in [9.17, 15) is 8.42 Å². The van der Waals surface area contributed by atoms with Crippen LogP contribution >= 0.6 is 0 Å². The summed E-state index contributed by atoms with van der Waals surface area (Å²) in [5.74, 6) is 1.15. The monoisotopic (exact) mass is 312 g/mol. The molecule has 6 nitrogen and oxygen atoms in total. The lowest BCUT2D eigenvalue weighted by Crippen LogP contribution is -2.34. The van der Waals surface area contributed by atoms with Crippen molar-refractivity contribution in [1.29, 1.82) is 0 Å². The Bertz CT molecular complexity index is 541. The van der Waals surface area contributed by atoms with Gasteiger partial charge in [0.25, 0.3) is 0 Å². The highest BCUT2D eigenvalue weighted by molar-refractivity contribution is 7.89. The van der Waals surface area contributed by atoms with Gasteiger partial charge in [0.1, 0.15) is 4.90 Å². The van der Waals surface area contributed by atoms with Gasteiger partial charge in [0, 0.05) is 12.6 Å². The predicted octanol–water partition coefficient (Wildman–Crippen LogP) is 2.16. The quantitative estimate of drug-likeness (QED) is 0.730. The second-order valence-corrected chi connectivity index (χ2v) is 7.29. The van der Waals surface area contributed by atoms with Gasteiger partial charge in [-0.05, 0) is 25.2 Å². The lowest BCUT2D eigenvalue weighted by atomic mass is 10.1. The molecule has 1 fully saturated rings. The number of hydrogen-bond acceptors (Lipinski definition) is 5. The molecule has 0 aromatic carbocycles. The van der Waals surface area contributed by atoms with Gasteiger partial charge < -0.3 is 5.32 Å². The van der Waals surface area contributed by atoms with Gasteiger partial charge in [-0.2, -0.15) is 0 Å². The van der Waals surface area contributed by atoms with Crippen molar-refractivity contribution in [2.24, 2.45) is 5.92 Å². The Morgan fingerprint density at radius 2 is 1.95 bits per heavy atom. The van der Waals surface area contributed by atoms with Gasteiger partial charge in [0.2, 0.25) is 16.0 Å². The molecule has 0 saturated heterocycles. The molecule has 0 amide bonds. The first kappa shape index (κ1) is 16.2. The molecule has 0 radical (unpaired) electrons.